The molecule has 8 heterocycles. The molecule has 0 aliphatic carbocycles. The number of aliphatic hydroxyl groups excluding tert-OH is 17. The highest BCUT2D eigenvalue weighted by atomic mass is 16.8. The van der Waals surface area contributed by atoms with Gasteiger partial charge in [-0.3, -0.25) is 0 Å². The lowest BCUT2D eigenvalue weighted by Crippen LogP contribution is -2.68. The Morgan fingerprint density at radius 1 is 0.299 bits per heavy atom. The fraction of sp³-hybridized carbons (Fsp3) is 1.00. The zero-order chi connectivity index (χ0) is 63.3. The first-order chi connectivity index (χ1) is 41.5. The Morgan fingerprint density at radius 3 is 0.897 bits per heavy atom. The predicted molar refractivity (Wildman–Crippen MR) is 275 cm³/mol. The van der Waals surface area contributed by atoms with Gasteiger partial charge in [0.05, 0.1) is 77.0 Å². The molecule has 8 fully saturated rings. The first-order valence-corrected chi connectivity index (χ1v) is 28.8. The Labute approximate surface area is 496 Å². The number of hydrogen-bond donors (Lipinski definition) is 22. The SMILES string of the molecule is NCCCCCO[C@@H]1OC[C@@H](O[C@H]2OC(CO)[C@@H](O[C@@H]3OC[C@@H](O[C@H]4OC(CO)[C@@H](O[C@@H]5OC[C@@H](O[C@H]6OC(CO)[C@@H](O[C@@H]7OC[C@@H](O[C@H]8OC(CO)[C@@H](O)[C@H](O)C8N)[C@@H](O)C7O)[C@H](O)C6N)[C@H](O)C5O)[C@H](O)C4N)[C@@H](O)C3O)[C@H](O)C2N)[C@H](O)C1O. The van der Waals surface area contributed by atoms with E-state index in [1.165, 1.54) is 0 Å². The van der Waals surface area contributed by atoms with Crippen molar-refractivity contribution in [1.82, 2.24) is 0 Å². The molecular weight excluding hydrogens is 1190 g/mol. The van der Waals surface area contributed by atoms with Gasteiger partial charge in [-0.15, -0.1) is 0 Å². The van der Waals surface area contributed by atoms with E-state index in [1.54, 1.807) is 0 Å². The lowest BCUT2D eigenvalue weighted by Gasteiger charge is -2.48. The van der Waals surface area contributed by atoms with Gasteiger partial charge in [0.1, 0.15) is 146 Å². The fourth-order valence-corrected chi connectivity index (χ4v) is 11.2. The van der Waals surface area contributed by atoms with E-state index in [1.807, 2.05) is 0 Å². The molecule has 87 heavy (non-hydrogen) atoms. The lowest BCUT2D eigenvalue weighted by molar-refractivity contribution is -0.369. The third-order valence-electron chi connectivity index (χ3n) is 16.6. The van der Waals surface area contributed by atoms with Gasteiger partial charge in [0.15, 0.2) is 50.3 Å². The van der Waals surface area contributed by atoms with Crippen LogP contribution in [0.15, 0.2) is 0 Å². The van der Waals surface area contributed by atoms with Crippen LogP contribution in [0.25, 0.3) is 0 Å². The summed E-state index contributed by atoms with van der Waals surface area (Å²) in [5.74, 6) is 0. The Bertz CT molecular complexity index is 2040. The summed E-state index contributed by atoms with van der Waals surface area (Å²) in [5.41, 5.74) is 30.3. The first-order valence-electron chi connectivity index (χ1n) is 28.8. The number of hydrogen-bond acceptors (Lipinski definition) is 38. The van der Waals surface area contributed by atoms with Crippen molar-refractivity contribution < 1.29 is 163 Å². The minimum atomic E-state index is -1.98. The molecule has 8 aliphatic rings. The highest BCUT2D eigenvalue weighted by molar-refractivity contribution is 5.00. The minimum Gasteiger partial charge on any atom is -0.394 e. The molecular formula is C49H89N5O33. The standard InChI is InChI=1S/C49H89N5O33/c50-4-2-1-3-5-72-46-35(68)27(60)18(10-73-46)82-43-23(52)32(65)39(15(7-56)78-43)86-48-37(70)29(62)20(12-75-48)84-45-25(54)34(67)41(17(9-58)80-45)87-49-38(71)30(63)21(13-76-49)83-44-24(53)33(66)40(16(8-57)79-44)85-47-36(69)28(61)19(11-74-47)81-42-22(51)31(64)26(59)14(6-55)77-42/h14-49,55-71H,1-13,50-54H2/t14?,15?,16?,17?,18-,19-,20-,21-,22?,23?,24?,25?,26-,27+,28-,29-,30+,31-,32-,33-,34-,35?,36?,37?,38?,39-,40-,41-,42-,43-,44-,45-,46-,47+,48+,49+/m1/s1. The maximum atomic E-state index is 11.4. The number of rotatable bonds is 24. The highest BCUT2D eigenvalue weighted by Crippen LogP contribution is 2.35. The van der Waals surface area contributed by atoms with Gasteiger partial charge in [-0.1, -0.05) is 0 Å². The van der Waals surface area contributed by atoms with Crippen LogP contribution in [-0.2, 0) is 75.8 Å². The van der Waals surface area contributed by atoms with E-state index in [2.05, 4.69) is 0 Å². The largest absolute Gasteiger partial charge is 0.394 e. The molecule has 38 nitrogen and oxygen atoms in total. The molecule has 0 radical (unpaired) electrons. The summed E-state index contributed by atoms with van der Waals surface area (Å²) >= 11 is 0. The van der Waals surface area contributed by atoms with Crippen LogP contribution in [0.1, 0.15) is 19.3 Å². The second-order valence-corrected chi connectivity index (χ2v) is 22.6. The Kier molecular flexibility index (Phi) is 26.3. The average Bonchev–Trinajstić information content (AvgIpc) is 1.59. The summed E-state index contributed by atoms with van der Waals surface area (Å²) in [7, 11) is 0. The van der Waals surface area contributed by atoms with Crippen molar-refractivity contribution in [3.63, 3.8) is 0 Å². The molecule has 0 bridgehead atoms. The van der Waals surface area contributed by atoms with Crippen LogP contribution in [0, 0.1) is 0 Å². The quantitative estimate of drug-likeness (QED) is 0.0399. The molecule has 36 atom stereocenters. The summed E-state index contributed by atoms with van der Waals surface area (Å²) in [6.45, 7) is -4.40. The van der Waals surface area contributed by atoms with Crippen LogP contribution in [0.2, 0.25) is 0 Å². The van der Waals surface area contributed by atoms with Crippen molar-refractivity contribution in [2.24, 2.45) is 28.7 Å². The highest BCUT2D eigenvalue weighted by Gasteiger charge is 2.56. The Morgan fingerprint density at radius 2 is 0.586 bits per heavy atom. The van der Waals surface area contributed by atoms with Gasteiger partial charge >= 0.3 is 0 Å². The van der Waals surface area contributed by atoms with Gasteiger partial charge in [-0.2, -0.15) is 0 Å². The van der Waals surface area contributed by atoms with Crippen molar-refractivity contribution in [2.75, 3.05) is 66.0 Å². The van der Waals surface area contributed by atoms with Crippen LogP contribution in [-0.4, -0.2) is 374 Å². The zero-order valence-corrected chi connectivity index (χ0v) is 47.0. The molecule has 0 aromatic carbocycles. The molecule has 8 rings (SSSR count). The van der Waals surface area contributed by atoms with E-state index >= 15 is 0 Å². The predicted octanol–water partition coefficient (Wildman–Crippen LogP) is -14.9. The maximum Gasteiger partial charge on any atom is 0.186 e. The van der Waals surface area contributed by atoms with E-state index in [0.717, 1.165) is 12.8 Å². The number of ether oxygens (including phenoxy) is 16. The van der Waals surface area contributed by atoms with Crippen LogP contribution in [0.4, 0.5) is 0 Å². The van der Waals surface area contributed by atoms with Crippen molar-refractivity contribution in [2.45, 2.75) is 240 Å². The summed E-state index contributed by atoms with van der Waals surface area (Å²) in [6, 6.07) is -5.84. The molecule has 8 aliphatic heterocycles. The number of aliphatic hydroxyl groups is 17. The smallest absolute Gasteiger partial charge is 0.186 e. The third kappa shape index (κ3) is 16.0. The molecule has 0 spiro atoms. The van der Waals surface area contributed by atoms with Gasteiger partial charge in [-0.25, -0.2) is 0 Å². The molecule has 38 heteroatoms. The van der Waals surface area contributed by atoms with E-state index < -0.39 is 267 Å². The molecule has 0 aromatic rings. The van der Waals surface area contributed by atoms with Gasteiger partial charge < -0.3 is 191 Å². The van der Waals surface area contributed by atoms with Crippen LogP contribution in [0.5, 0.6) is 0 Å². The molecule has 0 saturated carbocycles. The van der Waals surface area contributed by atoms with E-state index in [4.69, 9.17) is 104 Å². The fourth-order valence-electron chi connectivity index (χ4n) is 11.2. The third-order valence-corrected chi connectivity index (χ3v) is 16.6. The molecule has 0 amide bonds. The van der Waals surface area contributed by atoms with E-state index in [-0.39, 0.29) is 13.2 Å². The van der Waals surface area contributed by atoms with Crippen LogP contribution >= 0.6 is 0 Å². The summed E-state index contributed by atoms with van der Waals surface area (Å²) in [4.78, 5) is 0. The maximum absolute atomic E-state index is 11.4. The Balaban J connectivity index is 0.780. The molecule has 508 valence electrons. The zero-order valence-electron chi connectivity index (χ0n) is 47.0. The molecule has 8 saturated heterocycles. The topological polar surface area (TPSA) is 622 Å². The van der Waals surface area contributed by atoms with Gasteiger partial charge in [0.2, 0.25) is 0 Å². The van der Waals surface area contributed by atoms with Crippen molar-refractivity contribution in [3.05, 3.63) is 0 Å². The molecule has 0 aromatic heterocycles. The Hall–Kier alpha value is -1.52. The van der Waals surface area contributed by atoms with Crippen LogP contribution < -0.4 is 28.7 Å². The van der Waals surface area contributed by atoms with Gasteiger partial charge in [0, 0.05) is 6.61 Å². The summed E-state index contributed by atoms with van der Waals surface area (Å²) < 4.78 is 91.4. The van der Waals surface area contributed by atoms with Gasteiger partial charge in [-0.05, 0) is 25.8 Å². The second kappa shape index (κ2) is 32.1. The monoisotopic (exact) mass is 1280 g/mol. The number of unbranched alkanes of at least 4 members (excludes halogenated alkanes) is 2. The summed E-state index contributed by atoms with van der Waals surface area (Å²) in [6.07, 6.45) is -49.0. The van der Waals surface area contributed by atoms with Crippen LogP contribution in [0.3, 0.4) is 0 Å². The normalized spacial score (nSPS) is 51.1. The molecule has 12 unspecified atom stereocenters. The molecule has 27 N–H and O–H groups in total. The van der Waals surface area contributed by atoms with Crippen molar-refractivity contribution in [3.8, 4) is 0 Å². The van der Waals surface area contributed by atoms with E-state index in [9.17, 15) is 86.8 Å². The second-order valence-electron chi connectivity index (χ2n) is 22.6. The van der Waals surface area contributed by atoms with Gasteiger partial charge in [0.25, 0.3) is 0 Å². The lowest BCUT2D eigenvalue weighted by atomic mass is 9.96. The minimum absolute atomic E-state index is 0.239. The summed E-state index contributed by atoms with van der Waals surface area (Å²) in [5, 5.41) is 183. The number of nitrogens with two attached hydrogens (primary N) is 5. The van der Waals surface area contributed by atoms with E-state index in [0.29, 0.717) is 13.0 Å². The average molecular weight is 1280 g/mol. The first kappa shape index (κ1) is 71.3. The van der Waals surface area contributed by atoms with Crippen molar-refractivity contribution in [1.29, 1.82) is 0 Å². The van der Waals surface area contributed by atoms with Crippen molar-refractivity contribution >= 4 is 0 Å².